The van der Waals surface area contributed by atoms with Crippen molar-refractivity contribution < 1.29 is 17.9 Å². The van der Waals surface area contributed by atoms with Crippen LogP contribution in [0.2, 0.25) is 0 Å². The first kappa shape index (κ1) is 15.4. The Kier molecular flexibility index (Phi) is 4.57. The monoisotopic (exact) mass is 298 g/mol. The van der Waals surface area contributed by atoms with Crippen LogP contribution in [-0.4, -0.2) is 10.9 Å². The Morgan fingerprint density at radius 1 is 1.19 bits per heavy atom. The highest BCUT2D eigenvalue weighted by Gasteiger charge is 2.30. The van der Waals surface area contributed by atoms with Crippen molar-refractivity contribution in [3.05, 3.63) is 53.9 Å². The molecule has 0 fully saturated rings. The van der Waals surface area contributed by atoms with Crippen LogP contribution in [-0.2, 0) is 6.54 Å². The fraction of sp³-hybridized carbons (Fsp3) is 0.333. The lowest BCUT2D eigenvalue weighted by atomic mass is 10.1. The van der Waals surface area contributed by atoms with Gasteiger partial charge in [0.05, 0.1) is 0 Å². The van der Waals surface area contributed by atoms with E-state index in [9.17, 15) is 13.2 Å². The molecule has 1 aromatic carbocycles. The van der Waals surface area contributed by atoms with E-state index in [1.165, 1.54) is 12.1 Å². The number of aromatic nitrogens is 1. The van der Waals surface area contributed by atoms with Crippen molar-refractivity contribution in [1.82, 2.24) is 4.57 Å². The first-order valence-corrected chi connectivity index (χ1v) is 6.63. The number of rotatable bonds is 5. The van der Waals surface area contributed by atoms with Gasteiger partial charge in [0.1, 0.15) is 5.75 Å². The van der Waals surface area contributed by atoms with Crippen molar-refractivity contribution in [2.24, 2.45) is 5.73 Å². The van der Waals surface area contributed by atoms with E-state index >= 15 is 0 Å². The largest absolute Gasteiger partial charge is 0.573 e. The molecule has 114 valence electrons. The normalized spacial score (nSPS) is 13.2. The molecule has 2 rings (SSSR count). The highest BCUT2D eigenvalue weighted by atomic mass is 19.4. The van der Waals surface area contributed by atoms with Crippen LogP contribution in [0, 0.1) is 0 Å². The molecule has 2 aromatic rings. The number of halogens is 3. The molecule has 0 amide bonds. The molecule has 0 saturated heterocycles. The van der Waals surface area contributed by atoms with Crippen LogP contribution in [0.3, 0.4) is 0 Å². The summed E-state index contributed by atoms with van der Waals surface area (Å²) in [6.07, 6.45) is 0.0555. The third-order valence-electron chi connectivity index (χ3n) is 3.16. The maximum absolute atomic E-state index is 12.1. The summed E-state index contributed by atoms with van der Waals surface area (Å²) in [5, 5.41) is 0. The van der Waals surface area contributed by atoms with E-state index in [-0.39, 0.29) is 11.8 Å². The molecule has 1 heterocycles. The number of hydrogen-bond acceptors (Lipinski definition) is 2. The second-order valence-electron chi connectivity index (χ2n) is 4.82. The number of nitrogens with zero attached hydrogens (tertiary/aromatic N) is 1. The summed E-state index contributed by atoms with van der Waals surface area (Å²) in [6.45, 7) is 2.59. The standard InChI is InChI=1S/C15H17F3N2O/c1-2-14(19)12-7-8-20(10-12)9-11-3-5-13(6-4-11)21-15(16,17)18/h3-8,10,14H,2,9,19H2,1H3. The van der Waals surface area contributed by atoms with Gasteiger partial charge in [-0.15, -0.1) is 13.2 Å². The number of alkyl halides is 3. The summed E-state index contributed by atoms with van der Waals surface area (Å²) in [5.41, 5.74) is 7.88. The minimum absolute atomic E-state index is 0.00816. The van der Waals surface area contributed by atoms with E-state index in [2.05, 4.69) is 4.74 Å². The zero-order chi connectivity index (χ0) is 15.5. The molecule has 1 unspecified atom stereocenters. The molecule has 1 atom stereocenters. The van der Waals surface area contributed by atoms with Crippen LogP contribution in [0.1, 0.15) is 30.5 Å². The first-order valence-electron chi connectivity index (χ1n) is 6.63. The topological polar surface area (TPSA) is 40.2 Å². The summed E-state index contributed by atoms with van der Waals surface area (Å²) in [4.78, 5) is 0. The maximum atomic E-state index is 12.1. The Balaban J connectivity index is 2.01. The number of benzene rings is 1. The van der Waals surface area contributed by atoms with Gasteiger partial charge >= 0.3 is 6.36 Å². The Morgan fingerprint density at radius 3 is 2.43 bits per heavy atom. The van der Waals surface area contributed by atoms with Crippen molar-refractivity contribution in [1.29, 1.82) is 0 Å². The quantitative estimate of drug-likeness (QED) is 0.911. The van der Waals surface area contributed by atoms with Gasteiger partial charge in [-0.2, -0.15) is 0 Å². The van der Waals surface area contributed by atoms with Crippen LogP contribution < -0.4 is 10.5 Å². The second-order valence-corrected chi connectivity index (χ2v) is 4.82. The molecule has 1 aromatic heterocycles. The van der Waals surface area contributed by atoms with Crippen LogP contribution in [0.15, 0.2) is 42.7 Å². The van der Waals surface area contributed by atoms with Gasteiger partial charge in [-0.3, -0.25) is 0 Å². The third kappa shape index (κ3) is 4.53. The molecule has 0 saturated carbocycles. The minimum atomic E-state index is -4.66. The van der Waals surface area contributed by atoms with Crippen molar-refractivity contribution in [2.75, 3.05) is 0 Å². The molecule has 2 N–H and O–H groups in total. The molecule has 0 aliphatic heterocycles. The molecule has 0 bridgehead atoms. The van der Waals surface area contributed by atoms with Gasteiger partial charge in [0.2, 0.25) is 0 Å². The summed E-state index contributed by atoms with van der Waals surface area (Å²) in [6, 6.07) is 7.81. The summed E-state index contributed by atoms with van der Waals surface area (Å²) in [5.74, 6) is -0.215. The van der Waals surface area contributed by atoms with E-state index < -0.39 is 6.36 Å². The highest BCUT2D eigenvalue weighted by Crippen LogP contribution is 2.23. The second kappa shape index (κ2) is 6.22. The lowest BCUT2D eigenvalue weighted by Crippen LogP contribution is -2.17. The van der Waals surface area contributed by atoms with E-state index in [1.807, 2.05) is 30.0 Å². The van der Waals surface area contributed by atoms with Gasteiger partial charge in [-0.1, -0.05) is 19.1 Å². The summed E-state index contributed by atoms with van der Waals surface area (Å²) in [7, 11) is 0. The van der Waals surface area contributed by atoms with Gasteiger partial charge in [-0.25, -0.2) is 0 Å². The molecule has 0 aliphatic rings. The molecule has 3 nitrogen and oxygen atoms in total. The van der Waals surface area contributed by atoms with E-state index in [0.717, 1.165) is 17.5 Å². The lowest BCUT2D eigenvalue weighted by Gasteiger charge is -2.10. The molecular formula is C15H17F3N2O. The number of hydrogen-bond donors (Lipinski definition) is 1. The van der Waals surface area contributed by atoms with Crippen LogP contribution in [0.4, 0.5) is 13.2 Å². The molecule has 0 spiro atoms. The van der Waals surface area contributed by atoms with Crippen molar-refractivity contribution in [3.63, 3.8) is 0 Å². The van der Waals surface area contributed by atoms with Gasteiger partial charge in [0.25, 0.3) is 0 Å². The van der Waals surface area contributed by atoms with Gasteiger partial charge in [-0.05, 0) is 35.7 Å². The van der Waals surface area contributed by atoms with Crippen molar-refractivity contribution in [3.8, 4) is 5.75 Å². The zero-order valence-corrected chi connectivity index (χ0v) is 11.6. The van der Waals surface area contributed by atoms with Crippen molar-refractivity contribution >= 4 is 0 Å². The van der Waals surface area contributed by atoms with Crippen LogP contribution >= 0.6 is 0 Å². The molecule has 6 heteroatoms. The Morgan fingerprint density at radius 2 is 1.86 bits per heavy atom. The Labute approximate surface area is 121 Å². The Bertz CT molecular complexity index is 575. The molecular weight excluding hydrogens is 281 g/mol. The molecule has 0 radical (unpaired) electrons. The van der Waals surface area contributed by atoms with Gasteiger partial charge < -0.3 is 15.0 Å². The fourth-order valence-electron chi connectivity index (χ4n) is 2.02. The SMILES string of the molecule is CCC(N)c1ccn(Cc2ccc(OC(F)(F)F)cc2)c1. The predicted octanol–water partition coefficient (Wildman–Crippen LogP) is 3.84. The number of nitrogens with two attached hydrogens (primary N) is 1. The zero-order valence-electron chi connectivity index (χ0n) is 11.6. The Hall–Kier alpha value is -1.95. The van der Waals surface area contributed by atoms with Gasteiger partial charge in [0, 0.05) is 25.0 Å². The summed E-state index contributed by atoms with van der Waals surface area (Å²) < 4.78 is 42.0. The van der Waals surface area contributed by atoms with E-state index in [0.29, 0.717) is 6.54 Å². The fourth-order valence-corrected chi connectivity index (χ4v) is 2.02. The predicted molar refractivity (Wildman–Crippen MR) is 73.9 cm³/mol. The minimum Gasteiger partial charge on any atom is -0.406 e. The third-order valence-corrected chi connectivity index (χ3v) is 3.16. The molecule has 0 aliphatic carbocycles. The molecule has 21 heavy (non-hydrogen) atoms. The smallest absolute Gasteiger partial charge is 0.406 e. The average molecular weight is 298 g/mol. The van der Waals surface area contributed by atoms with Crippen molar-refractivity contribution in [2.45, 2.75) is 32.3 Å². The van der Waals surface area contributed by atoms with E-state index in [1.54, 1.807) is 12.1 Å². The maximum Gasteiger partial charge on any atom is 0.573 e. The van der Waals surface area contributed by atoms with Gasteiger partial charge in [0.15, 0.2) is 0 Å². The van der Waals surface area contributed by atoms with Crippen LogP contribution in [0.5, 0.6) is 5.75 Å². The average Bonchev–Trinajstić information content (AvgIpc) is 2.87. The number of ether oxygens (including phenoxy) is 1. The summed E-state index contributed by atoms with van der Waals surface area (Å²) >= 11 is 0. The van der Waals surface area contributed by atoms with E-state index in [4.69, 9.17) is 5.73 Å². The first-order chi connectivity index (χ1) is 9.87. The van der Waals surface area contributed by atoms with Crippen LogP contribution in [0.25, 0.3) is 0 Å². The lowest BCUT2D eigenvalue weighted by molar-refractivity contribution is -0.274. The highest BCUT2D eigenvalue weighted by molar-refractivity contribution is 5.28.